The van der Waals surface area contributed by atoms with Crippen molar-refractivity contribution in [2.24, 2.45) is 23.7 Å². The van der Waals surface area contributed by atoms with Crippen LogP contribution in [-0.4, -0.2) is 4.83 Å². The van der Waals surface area contributed by atoms with Crippen molar-refractivity contribution in [1.29, 1.82) is 0 Å². The predicted molar refractivity (Wildman–Crippen MR) is 45.1 cm³/mol. The maximum absolute atomic E-state index is 3.81. The van der Waals surface area contributed by atoms with Crippen LogP contribution < -0.4 is 0 Å². The molecule has 4 rings (SSSR count). The highest BCUT2D eigenvalue weighted by Gasteiger charge is 2.52. The van der Waals surface area contributed by atoms with Gasteiger partial charge in [-0.2, -0.15) is 0 Å². The molecule has 4 bridgehead atoms. The van der Waals surface area contributed by atoms with Crippen molar-refractivity contribution >= 4 is 15.9 Å². The Hall–Kier alpha value is 0.480. The second-order valence-electron chi connectivity index (χ2n) is 4.40. The molecule has 10 heavy (non-hydrogen) atoms. The number of alkyl halides is 1. The molecular formula is C9H13Br. The number of hydrogen-bond acceptors (Lipinski definition) is 0. The SMILES string of the molecule is Br[C@@H]1C[C@@H]2C[C@H]1C1CC2C1. The van der Waals surface area contributed by atoms with Crippen molar-refractivity contribution in [2.45, 2.75) is 30.5 Å². The summed E-state index contributed by atoms with van der Waals surface area (Å²) in [6.07, 6.45) is 6.21. The molecule has 0 heterocycles. The molecule has 56 valence electrons. The highest BCUT2D eigenvalue weighted by molar-refractivity contribution is 9.09. The maximum atomic E-state index is 3.81. The Bertz CT molecular complexity index is 156. The average molecular weight is 201 g/mol. The fraction of sp³-hybridized carbons (Fsp3) is 1.00. The van der Waals surface area contributed by atoms with Crippen LogP contribution in [0.15, 0.2) is 0 Å². The van der Waals surface area contributed by atoms with Gasteiger partial charge >= 0.3 is 0 Å². The lowest BCUT2D eigenvalue weighted by Gasteiger charge is -2.46. The molecule has 0 saturated heterocycles. The molecule has 0 aliphatic heterocycles. The van der Waals surface area contributed by atoms with E-state index in [4.69, 9.17) is 0 Å². The summed E-state index contributed by atoms with van der Waals surface area (Å²) in [6, 6.07) is 0. The van der Waals surface area contributed by atoms with Crippen LogP contribution in [0.3, 0.4) is 0 Å². The zero-order chi connectivity index (χ0) is 6.72. The van der Waals surface area contributed by atoms with Gasteiger partial charge in [0.25, 0.3) is 0 Å². The summed E-state index contributed by atoms with van der Waals surface area (Å²) in [4.78, 5) is 0.898. The molecule has 0 amide bonds. The van der Waals surface area contributed by atoms with Gasteiger partial charge in [0.15, 0.2) is 0 Å². The summed E-state index contributed by atoms with van der Waals surface area (Å²) in [5, 5.41) is 0. The standard InChI is InChI=1S/C9H13Br/c10-9-4-6-3-8(9)7-1-5(6)2-7/h5-9H,1-4H2/t5?,6-,7?,8-,9+/m0/s1. The predicted octanol–water partition coefficient (Wildman–Crippen LogP) is 2.82. The monoisotopic (exact) mass is 200 g/mol. The first-order chi connectivity index (χ1) is 4.84. The molecule has 0 aromatic carbocycles. The average Bonchev–Trinajstić information content (AvgIpc) is 2.03. The third-order valence-corrected chi connectivity index (χ3v) is 5.10. The molecule has 0 unspecified atom stereocenters. The lowest BCUT2D eigenvalue weighted by molar-refractivity contribution is 0.0405. The second-order valence-corrected chi connectivity index (χ2v) is 5.58. The van der Waals surface area contributed by atoms with Crippen molar-refractivity contribution in [2.75, 3.05) is 0 Å². The summed E-state index contributed by atoms with van der Waals surface area (Å²) >= 11 is 3.81. The van der Waals surface area contributed by atoms with Crippen LogP contribution in [0.25, 0.3) is 0 Å². The highest BCUT2D eigenvalue weighted by Crippen LogP contribution is 2.60. The summed E-state index contributed by atoms with van der Waals surface area (Å²) in [6.45, 7) is 0. The zero-order valence-corrected chi connectivity index (χ0v) is 7.68. The minimum Gasteiger partial charge on any atom is -0.0887 e. The summed E-state index contributed by atoms with van der Waals surface area (Å²) in [7, 11) is 0. The Labute approximate surface area is 70.5 Å². The van der Waals surface area contributed by atoms with Crippen LogP contribution in [-0.2, 0) is 0 Å². The molecule has 4 aliphatic rings. The highest BCUT2D eigenvalue weighted by atomic mass is 79.9. The van der Waals surface area contributed by atoms with Gasteiger partial charge in [-0.25, -0.2) is 0 Å². The first kappa shape index (κ1) is 6.05. The lowest BCUT2D eigenvalue weighted by atomic mass is 9.59. The van der Waals surface area contributed by atoms with Gasteiger partial charge in [0.05, 0.1) is 0 Å². The minimum atomic E-state index is 0.898. The van der Waals surface area contributed by atoms with Crippen LogP contribution in [0.2, 0.25) is 0 Å². The van der Waals surface area contributed by atoms with E-state index in [0.717, 1.165) is 28.5 Å². The molecule has 4 fully saturated rings. The van der Waals surface area contributed by atoms with Crippen molar-refractivity contribution < 1.29 is 0 Å². The Balaban J connectivity index is 1.94. The van der Waals surface area contributed by atoms with E-state index >= 15 is 0 Å². The Morgan fingerprint density at radius 3 is 2.10 bits per heavy atom. The third-order valence-electron chi connectivity index (χ3n) is 4.05. The Morgan fingerprint density at radius 1 is 0.800 bits per heavy atom. The molecule has 0 radical (unpaired) electrons. The summed E-state index contributed by atoms with van der Waals surface area (Å²) in [5.74, 6) is 4.49. The fourth-order valence-corrected chi connectivity index (χ4v) is 4.50. The van der Waals surface area contributed by atoms with Crippen LogP contribution in [0, 0.1) is 23.7 Å². The van der Waals surface area contributed by atoms with E-state index in [1.165, 1.54) is 6.42 Å². The third kappa shape index (κ3) is 0.585. The van der Waals surface area contributed by atoms with Gasteiger partial charge in [0.1, 0.15) is 0 Å². The summed E-state index contributed by atoms with van der Waals surface area (Å²) in [5.41, 5.74) is 0. The molecule has 0 N–H and O–H groups in total. The van der Waals surface area contributed by atoms with Gasteiger partial charge in [-0.1, -0.05) is 15.9 Å². The Kier molecular flexibility index (Phi) is 1.09. The lowest BCUT2D eigenvalue weighted by Crippen LogP contribution is -2.38. The van der Waals surface area contributed by atoms with E-state index < -0.39 is 0 Å². The van der Waals surface area contributed by atoms with Crippen molar-refractivity contribution in [3.8, 4) is 0 Å². The molecule has 4 saturated carbocycles. The van der Waals surface area contributed by atoms with Crippen LogP contribution in [0.1, 0.15) is 25.7 Å². The van der Waals surface area contributed by atoms with E-state index in [1.807, 2.05) is 0 Å². The van der Waals surface area contributed by atoms with E-state index in [9.17, 15) is 0 Å². The Morgan fingerprint density at radius 2 is 1.50 bits per heavy atom. The van der Waals surface area contributed by atoms with Gasteiger partial charge in [0.2, 0.25) is 0 Å². The van der Waals surface area contributed by atoms with Gasteiger partial charge in [-0.15, -0.1) is 0 Å². The molecule has 0 spiro atoms. The molecule has 4 aliphatic carbocycles. The maximum Gasteiger partial charge on any atom is 0.0179 e. The summed E-state index contributed by atoms with van der Waals surface area (Å²) < 4.78 is 0. The number of hydrogen-bond donors (Lipinski definition) is 0. The topological polar surface area (TPSA) is 0 Å². The first-order valence-corrected chi connectivity index (χ1v) is 5.40. The molecule has 0 aromatic rings. The van der Waals surface area contributed by atoms with Gasteiger partial charge in [0, 0.05) is 4.83 Å². The molecular weight excluding hydrogens is 188 g/mol. The van der Waals surface area contributed by atoms with Crippen LogP contribution in [0.4, 0.5) is 0 Å². The van der Waals surface area contributed by atoms with Gasteiger partial charge < -0.3 is 0 Å². The zero-order valence-electron chi connectivity index (χ0n) is 6.09. The van der Waals surface area contributed by atoms with Gasteiger partial charge in [-0.3, -0.25) is 0 Å². The quantitative estimate of drug-likeness (QED) is 0.528. The second kappa shape index (κ2) is 1.80. The minimum absolute atomic E-state index is 0.898. The first-order valence-electron chi connectivity index (χ1n) is 4.48. The van der Waals surface area contributed by atoms with Crippen molar-refractivity contribution in [3.63, 3.8) is 0 Å². The van der Waals surface area contributed by atoms with E-state index in [2.05, 4.69) is 15.9 Å². The van der Waals surface area contributed by atoms with Crippen molar-refractivity contribution in [3.05, 3.63) is 0 Å². The molecule has 0 nitrogen and oxygen atoms in total. The van der Waals surface area contributed by atoms with Crippen LogP contribution >= 0.6 is 15.9 Å². The van der Waals surface area contributed by atoms with E-state index in [-0.39, 0.29) is 0 Å². The largest absolute Gasteiger partial charge is 0.0887 e. The smallest absolute Gasteiger partial charge is 0.0179 e. The number of rotatable bonds is 0. The van der Waals surface area contributed by atoms with E-state index in [1.54, 1.807) is 19.3 Å². The van der Waals surface area contributed by atoms with Crippen LogP contribution in [0.5, 0.6) is 0 Å². The number of halogens is 1. The molecule has 1 heteroatoms. The fourth-order valence-electron chi connectivity index (χ4n) is 3.37. The van der Waals surface area contributed by atoms with Crippen molar-refractivity contribution in [1.82, 2.24) is 0 Å². The van der Waals surface area contributed by atoms with E-state index in [0.29, 0.717) is 0 Å². The normalized spacial score (nSPS) is 63.9. The van der Waals surface area contributed by atoms with Gasteiger partial charge in [-0.05, 0) is 49.4 Å². The molecule has 3 atom stereocenters. The molecule has 0 aromatic heterocycles.